The molecule has 8 nitrogen and oxygen atoms in total. The van der Waals surface area contributed by atoms with Gasteiger partial charge in [0.15, 0.2) is 0 Å². The van der Waals surface area contributed by atoms with Crippen molar-refractivity contribution in [1.29, 1.82) is 0 Å². The van der Waals surface area contributed by atoms with Crippen molar-refractivity contribution in [3.05, 3.63) is 29.8 Å². The lowest BCUT2D eigenvalue weighted by molar-refractivity contribution is 0.102. The molecule has 2 aromatic rings. The van der Waals surface area contributed by atoms with E-state index in [0.717, 1.165) is 6.07 Å². The fraction of sp³-hybridized carbons (Fsp3) is 0.154. The first kappa shape index (κ1) is 14.4. The number of benzene rings is 1. The van der Waals surface area contributed by atoms with Gasteiger partial charge >= 0.3 is 0 Å². The van der Waals surface area contributed by atoms with Crippen LogP contribution in [0.4, 0.5) is 5.95 Å². The van der Waals surface area contributed by atoms with Crippen molar-refractivity contribution in [1.82, 2.24) is 9.97 Å². The first-order valence-electron chi connectivity index (χ1n) is 5.84. The highest BCUT2D eigenvalue weighted by molar-refractivity contribution is 6.05. The maximum atomic E-state index is 12.0. The summed E-state index contributed by atoms with van der Waals surface area (Å²) in [6.07, 6.45) is 0. The van der Waals surface area contributed by atoms with E-state index >= 15 is 0 Å². The molecule has 0 saturated heterocycles. The third kappa shape index (κ3) is 3.30. The molecule has 0 radical (unpaired) electrons. The largest absolute Gasteiger partial charge is 0.508 e. The predicted octanol–water partition coefficient (Wildman–Crippen LogP) is 1.16. The standard InChI is InChI=1S/C13H13N3O5/c1-20-10-6-11(21-2)15-13(14-10)16-12(19)8-5-7(17)3-4-9(8)18/h3-6,17-18H,1-2H3,(H,14,15,16,19). The SMILES string of the molecule is COc1cc(OC)nc(NC(=O)c2cc(O)ccc2O)n1. The number of aromatic nitrogens is 2. The van der Waals surface area contributed by atoms with E-state index in [1.54, 1.807) is 0 Å². The quantitative estimate of drug-likeness (QED) is 0.724. The number of methoxy groups -OCH3 is 2. The van der Waals surface area contributed by atoms with Gasteiger partial charge in [-0.15, -0.1) is 0 Å². The van der Waals surface area contributed by atoms with Gasteiger partial charge in [-0.25, -0.2) is 0 Å². The van der Waals surface area contributed by atoms with Crippen molar-refractivity contribution in [3.8, 4) is 23.3 Å². The first-order chi connectivity index (χ1) is 10.0. The summed E-state index contributed by atoms with van der Waals surface area (Å²) in [7, 11) is 2.82. The van der Waals surface area contributed by atoms with Gasteiger partial charge in [-0.1, -0.05) is 0 Å². The Balaban J connectivity index is 2.28. The average molecular weight is 291 g/mol. The second kappa shape index (κ2) is 5.95. The molecule has 1 amide bonds. The van der Waals surface area contributed by atoms with E-state index < -0.39 is 5.91 Å². The van der Waals surface area contributed by atoms with Gasteiger partial charge in [0, 0.05) is 0 Å². The Morgan fingerprint density at radius 2 is 1.71 bits per heavy atom. The Bertz CT molecular complexity index is 653. The first-order valence-corrected chi connectivity index (χ1v) is 5.84. The molecular weight excluding hydrogens is 278 g/mol. The second-order valence-electron chi connectivity index (χ2n) is 3.93. The van der Waals surface area contributed by atoms with Crippen molar-refractivity contribution in [2.75, 3.05) is 19.5 Å². The molecule has 0 unspecified atom stereocenters. The fourth-order valence-corrected chi connectivity index (χ4v) is 1.54. The summed E-state index contributed by atoms with van der Waals surface area (Å²) in [5.41, 5.74) is -0.111. The van der Waals surface area contributed by atoms with Gasteiger partial charge in [0.2, 0.25) is 17.7 Å². The zero-order valence-corrected chi connectivity index (χ0v) is 11.3. The number of phenols is 2. The van der Waals surface area contributed by atoms with Gasteiger partial charge in [-0.05, 0) is 18.2 Å². The lowest BCUT2D eigenvalue weighted by Gasteiger charge is -2.08. The lowest BCUT2D eigenvalue weighted by atomic mass is 10.2. The number of nitrogens with one attached hydrogen (secondary N) is 1. The van der Waals surface area contributed by atoms with E-state index in [0.29, 0.717) is 0 Å². The molecule has 0 saturated carbocycles. The average Bonchev–Trinajstić information content (AvgIpc) is 2.49. The molecule has 0 bridgehead atoms. The number of aromatic hydroxyl groups is 2. The van der Waals surface area contributed by atoms with Crippen LogP contribution in [0, 0.1) is 0 Å². The Labute approximate surface area is 120 Å². The van der Waals surface area contributed by atoms with Crippen LogP contribution in [0.25, 0.3) is 0 Å². The number of hydrogen-bond donors (Lipinski definition) is 3. The van der Waals surface area contributed by atoms with Crippen LogP contribution in [-0.4, -0.2) is 40.3 Å². The van der Waals surface area contributed by atoms with Crippen LogP contribution in [0.5, 0.6) is 23.3 Å². The third-order valence-electron chi connectivity index (χ3n) is 2.55. The van der Waals surface area contributed by atoms with Gasteiger partial charge in [0.05, 0.1) is 25.8 Å². The molecule has 0 aliphatic carbocycles. The smallest absolute Gasteiger partial charge is 0.261 e. The van der Waals surface area contributed by atoms with Crippen LogP contribution in [0.2, 0.25) is 0 Å². The molecule has 1 aromatic carbocycles. The zero-order chi connectivity index (χ0) is 15.4. The van der Waals surface area contributed by atoms with Crippen LogP contribution in [-0.2, 0) is 0 Å². The monoisotopic (exact) mass is 291 g/mol. The molecule has 110 valence electrons. The van der Waals surface area contributed by atoms with Gasteiger partial charge in [0.25, 0.3) is 5.91 Å². The number of phenolic OH excluding ortho intramolecular Hbond substituents is 2. The highest BCUT2D eigenvalue weighted by atomic mass is 16.5. The minimum atomic E-state index is -0.682. The van der Waals surface area contributed by atoms with Crippen LogP contribution in [0.15, 0.2) is 24.3 Å². The van der Waals surface area contributed by atoms with Crippen molar-refractivity contribution in [2.45, 2.75) is 0 Å². The maximum absolute atomic E-state index is 12.0. The summed E-state index contributed by atoms with van der Waals surface area (Å²) in [5.74, 6) is -0.755. The molecule has 21 heavy (non-hydrogen) atoms. The number of ether oxygens (including phenoxy) is 2. The number of hydrogen-bond acceptors (Lipinski definition) is 7. The Hall–Kier alpha value is -3.03. The Kier molecular flexibility index (Phi) is 4.07. The van der Waals surface area contributed by atoms with Crippen molar-refractivity contribution in [2.24, 2.45) is 0 Å². The predicted molar refractivity (Wildman–Crippen MR) is 72.9 cm³/mol. The summed E-state index contributed by atoms with van der Waals surface area (Å²) >= 11 is 0. The molecule has 1 heterocycles. The maximum Gasteiger partial charge on any atom is 0.261 e. The molecule has 0 spiro atoms. The summed E-state index contributed by atoms with van der Waals surface area (Å²) in [6.45, 7) is 0. The number of rotatable bonds is 4. The van der Waals surface area contributed by atoms with E-state index in [1.807, 2.05) is 0 Å². The summed E-state index contributed by atoms with van der Waals surface area (Å²) in [6, 6.07) is 5.04. The van der Waals surface area contributed by atoms with Gasteiger partial charge in [-0.3, -0.25) is 10.1 Å². The Morgan fingerprint density at radius 3 is 2.29 bits per heavy atom. The normalized spacial score (nSPS) is 10.0. The van der Waals surface area contributed by atoms with E-state index in [-0.39, 0.29) is 34.8 Å². The van der Waals surface area contributed by atoms with Crippen molar-refractivity contribution in [3.63, 3.8) is 0 Å². The topological polar surface area (TPSA) is 114 Å². The lowest BCUT2D eigenvalue weighted by Crippen LogP contribution is -2.15. The van der Waals surface area contributed by atoms with E-state index in [4.69, 9.17) is 9.47 Å². The molecule has 0 aliphatic heterocycles. The molecule has 0 aliphatic rings. The molecule has 0 atom stereocenters. The number of anilines is 1. The highest BCUT2D eigenvalue weighted by Gasteiger charge is 2.15. The molecule has 8 heteroatoms. The molecular formula is C13H13N3O5. The van der Waals surface area contributed by atoms with Crippen molar-refractivity contribution >= 4 is 11.9 Å². The van der Waals surface area contributed by atoms with Crippen LogP contribution in [0.3, 0.4) is 0 Å². The molecule has 2 rings (SSSR count). The second-order valence-corrected chi connectivity index (χ2v) is 3.93. The minimum Gasteiger partial charge on any atom is -0.508 e. The zero-order valence-electron chi connectivity index (χ0n) is 11.3. The number of amides is 1. The molecule has 1 aromatic heterocycles. The number of nitrogens with zero attached hydrogens (tertiary/aromatic N) is 2. The molecule has 0 fully saturated rings. The van der Waals surface area contributed by atoms with Gasteiger partial charge in [-0.2, -0.15) is 9.97 Å². The van der Waals surface area contributed by atoms with Crippen LogP contribution < -0.4 is 14.8 Å². The highest BCUT2D eigenvalue weighted by Crippen LogP contribution is 2.23. The summed E-state index contributed by atoms with van der Waals surface area (Å²) < 4.78 is 9.91. The van der Waals surface area contributed by atoms with E-state index in [1.165, 1.54) is 32.4 Å². The van der Waals surface area contributed by atoms with Gasteiger partial charge in [0.1, 0.15) is 11.5 Å². The van der Waals surface area contributed by atoms with Crippen LogP contribution in [0.1, 0.15) is 10.4 Å². The van der Waals surface area contributed by atoms with E-state index in [2.05, 4.69) is 15.3 Å². The minimum absolute atomic E-state index is 0.0565. The fourth-order valence-electron chi connectivity index (χ4n) is 1.54. The summed E-state index contributed by atoms with van der Waals surface area (Å²) in [5, 5.41) is 21.4. The van der Waals surface area contributed by atoms with Crippen LogP contribution >= 0.6 is 0 Å². The molecule has 3 N–H and O–H groups in total. The van der Waals surface area contributed by atoms with E-state index in [9.17, 15) is 15.0 Å². The number of carbonyl (C=O) groups is 1. The van der Waals surface area contributed by atoms with Gasteiger partial charge < -0.3 is 19.7 Å². The Morgan fingerprint density at radius 1 is 1.10 bits per heavy atom. The van der Waals surface area contributed by atoms with Crippen molar-refractivity contribution < 1.29 is 24.5 Å². The third-order valence-corrected chi connectivity index (χ3v) is 2.55. The summed E-state index contributed by atoms with van der Waals surface area (Å²) in [4.78, 5) is 19.9. The number of carbonyl (C=O) groups excluding carboxylic acids is 1.